The largest absolute Gasteiger partial charge is 0.325 e. The Morgan fingerprint density at radius 3 is 2.70 bits per heavy atom. The van der Waals surface area contributed by atoms with Gasteiger partial charge in [0.1, 0.15) is 12.4 Å². The minimum absolute atomic E-state index is 0.0314. The molecule has 1 aromatic heterocycles. The molecule has 4 nitrogen and oxygen atoms in total. The molecule has 23 heavy (non-hydrogen) atoms. The summed E-state index contributed by atoms with van der Waals surface area (Å²) in [6, 6.07) is 15.9. The number of hydrogen-bond acceptors (Lipinski definition) is 2. The molecule has 1 amide bonds. The van der Waals surface area contributed by atoms with Crippen LogP contribution < -0.4 is 5.32 Å². The van der Waals surface area contributed by atoms with Gasteiger partial charge in [0.05, 0.1) is 11.0 Å². The number of rotatable bonds is 5. The molecule has 3 rings (SSSR count). The van der Waals surface area contributed by atoms with Crippen LogP contribution in [0.1, 0.15) is 25.2 Å². The summed E-state index contributed by atoms with van der Waals surface area (Å²) in [6.45, 7) is 4.44. The lowest BCUT2D eigenvalue weighted by Gasteiger charge is -2.10. The third kappa shape index (κ3) is 3.26. The number of hydrogen-bond donors (Lipinski definition) is 1. The number of fused-ring (bicyclic) bond motifs is 1. The summed E-state index contributed by atoms with van der Waals surface area (Å²) in [5.41, 5.74) is 3.99. The van der Waals surface area contributed by atoms with E-state index in [0.717, 1.165) is 35.4 Å². The van der Waals surface area contributed by atoms with Gasteiger partial charge in [-0.2, -0.15) is 0 Å². The van der Waals surface area contributed by atoms with Gasteiger partial charge >= 0.3 is 0 Å². The van der Waals surface area contributed by atoms with Crippen LogP contribution in [0.4, 0.5) is 5.69 Å². The molecular formula is C19H21N3O. The van der Waals surface area contributed by atoms with Crippen molar-refractivity contribution in [1.82, 2.24) is 9.55 Å². The Hall–Kier alpha value is -2.62. The third-order valence-electron chi connectivity index (χ3n) is 3.97. The number of carbonyl (C=O) groups is 1. The molecule has 0 fully saturated rings. The van der Waals surface area contributed by atoms with Crippen molar-refractivity contribution in [2.45, 2.75) is 33.2 Å². The van der Waals surface area contributed by atoms with Crippen LogP contribution in [0, 0.1) is 0 Å². The number of benzene rings is 2. The molecule has 0 aliphatic rings. The molecule has 1 N–H and O–H groups in total. The second kappa shape index (κ2) is 6.65. The van der Waals surface area contributed by atoms with E-state index in [2.05, 4.69) is 30.2 Å². The molecule has 2 aromatic carbocycles. The molecule has 0 atom stereocenters. The van der Waals surface area contributed by atoms with E-state index in [-0.39, 0.29) is 12.5 Å². The molecular weight excluding hydrogens is 286 g/mol. The van der Waals surface area contributed by atoms with Crippen LogP contribution in [-0.2, 0) is 24.2 Å². The van der Waals surface area contributed by atoms with Crippen LogP contribution in [0.2, 0.25) is 0 Å². The minimum Gasteiger partial charge on any atom is -0.325 e. The van der Waals surface area contributed by atoms with Crippen LogP contribution >= 0.6 is 0 Å². The lowest BCUT2D eigenvalue weighted by molar-refractivity contribution is -0.116. The quantitative estimate of drug-likeness (QED) is 0.779. The SMILES string of the molecule is CCc1cccc(NC(=O)Cn2c(CC)nc3ccccc32)c1. The van der Waals surface area contributed by atoms with Gasteiger partial charge in [-0.3, -0.25) is 4.79 Å². The van der Waals surface area contributed by atoms with Gasteiger partial charge in [0.2, 0.25) is 5.91 Å². The van der Waals surface area contributed by atoms with E-state index < -0.39 is 0 Å². The second-order valence-electron chi connectivity index (χ2n) is 5.56. The summed E-state index contributed by atoms with van der Waals surface area (Å²) < 4.78 is 1.99. The molecule has 0 aliphatic carbocycles. The predicted octanol–water partition coefficient (Wildman–Crippen LogP) is 3.80. The standard InChI is InChI=1S/C19H21N3O/c1-3-14-8-7-9-15(12-14)20-19(23)13-22-17-11-6-5-10-16(17)21-18(22)4-2/h5-12H,3-4,13H2,1-2H3,(H,20,23). The zero-order chi connectivity index (χ0) is 16.2. The molecule has 0 saturated heterocycles. The Labute approximate surface area is 136 Å². The number of amides is 1. The van der Waals surface area contributed by atoms with Crippen molar-refractivity contribution in [2.24, 2.45) is 0 Å². The number of aromatic nitrogens is 2. The van der Waals surface area contributed by atoms with Gasteiger partial charge in [0.25, 0.3) is 0 Å². The summed E-state index contributed by atoms with van der Waals surface area (Å²) in [6.07, 6.45) is 1.75. The van der Waals surface area contributed by atoms with Gasteiger partial charge in [0, 0.05) is 12.1 Å². The number of nitrogens with zero attached hydrogens (tertiary/aromatic N) is 2. The summed E-state index contributed by atoms with van der Waals surface area (Å²) in [7, 11) is 0. The lowest BCUT2D eigenvalue weighted by atomic mass is 10.1. The smallest absolute Gasteiger partial charge is 0.244 e. The fourth-order valence-electron chi connectivity index (χ4n) is 2.78. The van der Waals surface area contributed by atoms with Crippen molar-refractivity contribution < 1.29 is 4.79 Å². The van der Waals surface area contributed by atoms with Crippen molar-refractivity contribution >= 4 is 22.6 Å². The number of carbonyl (C=O) groups excluding carboxylic acids is 1. The molecule has 0 aliphatic heterocycles. The first-order valence-corrected chi connectivity index (χ1v) is 8.04. The van der Waals surface area contributed by atoms with Gasteiger partial charge in [0.15, 0.2) is 0 Å². The normalized spacial score (nSPS) is 10.9. The number of nitrogens with one attached hydrogen (secondary N) is 1. The predicted molar refractivity (Wildman–Crippen MR) is 93.6 cm³/mol. The van der Waals surface area contributed by atoms with Crippen molar-refractivity contribution in [3.8, 4) is 0 Å². The molecule has 0 unspecified atom stereocenters. The van der Waals surface area contributed by atoms with E-state index in [1.807, 2.05) is 47.0 Å². The molecule has 3 aromatic rings. The Kier molecular flexibility index (Phi) is 4.42. The Bertz CT molecular complexity index is 836. The topological polar surface area (TPSA) is 46.9 Å². The summed E-state index contributed by atoms with van der Waals surface area (Å²) in [5.74, 6) is 0.903. The number of para-hydroxylation sites is 2. The molecule has 0 radical (unpaired) electrons. The van der Waals surface area contributed by atoms with E-state index in [1.54, 1.807) is 0 Å². The molecule has 0 saturated carbocycles. The first-order chi connectivity index (χ1) is 11.2. The fourth-order valence-corrected chi connectivity index (χ4v) is 2.78. The van der Waals surface area contributed by atoms with E-state index in [9.17, 15) is 4.79 Å². The van der Waals surface area contributed by atoms with Gasteiger partial charge in [-0.15, -0.1) is 0 Å². The van der Waals surface area contributed by atoms with Crippen LogP contribution in [-0.4, -0.2) is 15.5 Å². The van der Waals surface area contributed by atoms with Crippen molar-refractivity contribution in [3.63, 3.8) is 0 Å². The van der Waals surface area contributed by atoms with Crippen LogP contribution in [0.5, 0.6) is 0 Å². The zero-order valence-electron chi connectivity index (χ0n) is 13.5. The fraction of sp³-hybridized carbons (Fsp3) is 0.263. The van der Waals surface area contributed by atoms with E-state index in [1.165, 1.54) is 5.56 Å². The maximum Gasteiger partial charge on any atom is 0.244 e. The Morgan fingerprint density at radius 1 is 1.09 bits per heavy atom. The highest BCUT2D eigenvalue weighted by molar-refractivity contribution is 5.91. The third-order valence-corrected chi connectivity index (χ3v) is 3.97. The van der Waals surface area contributed by atoms with Gasteiger partial charge < -0.3 is 9.88 Å². The highest BCUT2D eigenvalue weighted by atomic mass is 16.1. The first kappa shape index (κ1) is 15.3. The molecule has 0 bridgehead atoms. The van der Waals surface area contributed by atoms with Gasteiger partial charge in [-0.25, -0.2) is 4.98 Å². The Morgan fingerprint density at radius 2 is 1.91 bits per heavy atom. The average Bonchev–Trinajstić information content (AvgIpc) is 2.93. The monoisotopic (exact) mass is 307 g/mol. The summed E-state index contributed by atoms with van der Waals surface area (Å²) >= 11 is 0. The van der Waals surface area contributed by atoms with Crippen molar-refractivity contribution in [2.75, 3.05) is 5.32 Å². The second-order valence-corrected chi connectivity index (χ2v) is 5.56. The average molecular weight is 307 g/mol. The van der Waals surface area contributed by atoms with Crippen LogP contribution in [0.25, 0.3) is 11.0 Å². The van der Waals surface area contributed by atoms with Crippen molar-refractivity contribution in [1.29, 1.82) is 0 Å². The molecule has 118 valence electrons. The number of aryl methyl sites for hydroxylation is 2. The molecule has 0 spiro atoms. The minimum atomic E-state index is -0.0314. The maximum absolute atomic E-state index is 12.4. The highest BCUT2D eigenvalue weighted by Crippen LogP contribution is 2.17. The molecule has 1 heterocycles. The first-order valence-electron chi connectivity index (χ1n) is 8.04. The van der Waals surface area contributed by atoms with E-state index >= 15 is 0 Å². The summed E-state index contributed by atoms with van der Waals surface area (Å²) in [5, 5.41) is 2.98. The van der Waals surface area contributed by atoms with Crippen LogP contribution in [0.3, 0.4) is 0 Å². The number of imidazole rings is 1. The van der Waals surface area contributed by atoms with E-state index in [0.29, 0.717) is 0 Å². The maximum atomic E-state index is 12.4. The van der Waals surface area contributed by atoms with Crippen molar-refractivity contribution in [3.05, 3.63) is 59.9 Å². The highest BCUT2D eigenvalue weighted by Gasteiger charge is 2.12. The Balaban J connectivity index is 1.82. The summed E-state index contributed by atoms with van der Waals surface area (Å²) in [4.78, 5) is 17.0. The van der Waals surface area contributed by atoms with Gasteiger partial charge in [-0.05, 0) is 36.2 Å². The van der Waals surface area contributed by atoms with E-state index in [4.69, 9.17) is 0 Å². The number of anilines is 1. The molecule has 4 heteroatoms. The zero-order valence-corrected chi connectivity index (χ0v) is 13.5. The van der Waals surface area contributed by atoms with Gasteiger partial charge in [-0.1, -0.05) is 38.1 Å². The van der Waals surface area contributed by atoms with Crippen LogP contribution in [0.15, 0.2) is 48.5 Å². The lowest BCUT2D eigenvalue weighted by Crippen LogP contribution is -2.20.